The number of amides is 2. The van der Waals surface area contributed by atoms with E-state index in [0.717, 1.165) is 6.20 Å². The van der Waals surface area contributed by atoms with E-state index in [1.807, 2.05) is 0 Å². The molecule has 0 aliphatic rings. The maximum atomic E-state index is 12.7. The van der Waals surface area contributed by atoms with E-state index in [9.17, 15) is 18.0 Å². The van der Waals surface area contributed by atoms with Gasteiger partial charge in [-0.2, -0.15) is 23.4 Å². The van der Waals surface area contributed by atoms with Gasteiger partial charge in [-0.25, -0.2) is 14.3 Å². The van der Waals surface area contributed by atoms with Crippen LogP contribution in [-0.4, -0.2) is 37.9 Å². The van der Waals surface area contributed by atoms with Crippen molar-refractivity contribution in [3.63, 3.8) is 0 Å². The standard InChI is InChI=1S/C15H13ClF3N7O2/c1-7(28-2)13-9(6-20-12-4-11(16)25-26(12)13)23-14(27)22-8-3-10(15(17,18)19)24-21-5-8/h3-7H,1-2H3,(H2,22,23,24,27)/t7-/m0/s1. The number of rotatable bonds is 4. The third-order valence-electron chi connectivity index (χ3n) is 3.68. The van der Waals surface area contributed by atoms with Crippen molar-refractivity contribution in [2.45, 2.75) is 19.2 Å². The number of alkyl halides is 3. The molecule has 3 heterocycles. The minimum absolute atomic E-state index is 0.183. The molecule has 28 heavy (non-hydrogen) atoms. The number of ether oxygens (including phenoxy) is 1. The van der Waals surface area contributed by atoms with Crippen LogP contribution in [0.5, 0.6) is 0 Å². The molecule has 9 nitrogen and oxygen atoms in total. The van der Waals surface area contributed by atoms with Crippen LogP contribution < -0.4 is 10.6 Å². The van der Waals surface area contributed by atoms with Crippen LogP contribution >= 0.6 is 11.6 Å². The molecule has 0 fully saturated rings. The highest BCUT2D eigenvalue weighted by Gasteiger charge is 2.33. The molecule has 0 saturated heterocycles. The zero-order valence-corrected chi connectivity index (χ0v) is 15.2. The lowest BCUT2D eigenvalue weighted by Crippen LogP contribution is -2.23. The van der Waals surface area contributed by atoms with E-state index in [2.05, 4.69) is 30.9 Å². The molecule has 0 aromatic carbocycles. The van der Waals surface area contributed by atoms with Crippen LogP contribution in [0.4, 0.5) is 29.3 Å². The fourth-order valence-electron chi connectivity index (χ4n) is 2.38. The highest BCUT2D eigenvalue weighted by molar-refractivity contribution is 6.29. The molecule has 148 valence electrons. The van der Waals surface area contributed by atoms with Crippen LogP contribution in [-0.2, 0) is 10.9 Å². The van der Waals surface area contributed by atoms with E-state index in [1.165, 1.54) is 23.9 Å². The fraction of sp³-hybridized carbons (Fsp3) is 0.267. The van der Waals surface area contributed by atoms with Crippen LogP contribution in [0.3, 0.4) is 0 Å². The van der Waals surface area contributed by atoms with Crippen molar-refractivity contribution in [3.05, 3.63) is 41.1 Å². The van der Waals surface area contributed by atoms with Gasteiger partial charge in [-0.05, 0) is 13.0 Å². The summed E-state index contributed by atoms with van der Waals surface area (Å²) in [6, 6.07) is 1.38. The van der Waals surface area contributed by atoms with Gasteiger partial charge in [-0.3, -0.25) is 0 Å². The second-order valence-electron chi connectivity index (χ2n) is 5.58. The lowest BCUT2D eigenvalue weighted by molar-refractivity contribution is -0.141. The zero-order valence-electron chi connectivity index (χ0n) is 14.5. The maximum Gasteiger partial charge on any atom is 0.435 e. The van der Waals surface area contributed by atoms with Gasteiger partial charge in [-0.15, -0.1) is 5.10 Å². The molecule has 0 unspecified atom stereocenters. The van der Waals surface area contributed by atoms with Gasteiger partial charge in [0.2, 0.25) is 0 Å². The van der Waals surface area contributed by atoms with Gasteiger partial charge in [0, 0.05) is 13.2 Å². The molecule has 0 radical (unpaired) electrons. The van der Waals surface area contributed by atoms with Crippen molar-refractivity contribution in [2.24, 2.45) is 0 Å². The molecule has 3 aromatic rings. The Bertz CT molecular complexity index is 1020. The van der Waals surface area contributed by atoms with Crippen LogP contribution in [0, 0.1) is 0 Å². The molecular weight excluding hydrogens is 403 g/mol. The van der Waals surface area contributed by atoms with Crippen LogP contribution in [0.2, 0.25) is 5.15 Å². The molecule has 0 aliphatic heterocycles. The summed E-state index contributed by atoms with van der Waals surface area (Å²) >= 11 is 5.90. The second-order valence-corrected chi connectivity index (χ2v) is 5.97. The Morgan fingerprint density at radius 3 is 2.71 bits per heavy atom. The van der Waals surface area contributed by atoms with Gasteiger partial charge in [0.05, 0.1) is 35.6 Å². The summed E-state index contributed by atoms with van der Waals surface area (Å²) in [6.45, 7) is 1.72. The Balaban J connectivity index is 1.87. The molecule has 1 atom stereocenters. The van der Waals surface area contributed by atoms with Gasteiger partial charge in [-0.1, -0.05) is 11.6 Å². The topological polar surface area (TPSA) is 106 Å². The highest BCUT2D eigenvalue weighted by atomic mass is 35.5. The van der Waals surface area contributed by atoms with E-state index in [0.29, 0.717) is 17.4 Å². The van der Waals surface area contributed by atoms with Crippen molar-refractivity contribution in [1.82, 2.24) is 24.8 Å². The van der Waals surface area contributed by atoms with E-state index in [-0.39, 0.29) is 16.5 Å². The lowest BCUT2D eigenvalue weighted by atomic mass is 10.2. The number of hydrogen-bond donors (Lipinski definition) is 2. The summed E-state index contributed by atoms with van der Waals surface area (Å²) in [4.78, 5) is 16.4. The Labute approximate surface area is 160 Å². The maximum absolute atomic E-state index is 12.7. The molecule has 0 saturated carbocycles. The number of anilines is 2. The number of nitrogens with one attached hydrogen (secondary N) is 2. The Hall–Kier alpha value is -2.99. The van der Waals surface area contributed by atoms with Gasteiger partial charge < -0.3 is 15.4 Å². The van der Waals surface area contributed by atoms with Crippen molar-refractivity contribution >= 4 is 34.7 Å². The average molecular weight is 416 g/mol. The van der Waals surface area contributed by atoms with Crippen LogP contribution in [0.25, 0.3) is 5.65 Å². The Morgan fingerprint density at radius 1 is 1.29 bits per heavy atom. The molecule has 2 N–H and O–H groups in total. The van der Waals surface area contributed by atoms with E-state index in [1.54, 1.807) is 6.92 Å². The van der Waals surface area contributed by atoms with E-state index >= 15 is 0 Å². The van der Waals surface area contributed by atoms with E-state index in [4.69, 9.17) is 16.3 Å². The predicted molar refractivity (Wildman–Crippen MR) is 93.1 cm³/mol. The monoisotopic (exact) mass is 415 g/mol. The van der Waals surface area contributed by atoms with Crippen molar-refractivity contribution in [1.29, 1.82) is 0 Å². The molecule has 3 rings (SSSR count). The molecule has 3 aromatic heterocycles. The molecular formula is C15H13ClF3N7O2. The first-order valence-electron chi connectivity index (χ1n) is 7.74. The number of nitrogens with zero attached hydrogens (tertiary/aromatic N) is 5. The number of fused-ring (bicyclic) bond motifs is 1. The first kappa shape index (κ1) is 19.8. The lowest BCUT2D eigenvalue weighted by Gasteiger charge is -2.17. The van der Waals surface area contributed by atoms with Crippen LogP contribution in [0.1, 0.15) is 24.4 Å². The number of carbonyl (C=O) groups excluding carboxylic acids is 1. The number of halogens is 4. The summed E-state index contributed by atoms with van der Waals surface area (Å²) in [5.74, 6) is 0. The number of urea groups is 1. The molecule has 0 aliphatic carbocycles. The first-order chi connectivity index (χ1) is 13.2. The van der Waals surface area contributed by atoms with Gasteiger partial charge in [0.15, 0.2) is 16.5 Å². The number of carbonyl (C=O) groups is 1. The van der Waals surface area contributed by atoms with Crippen LogP contribution in [0.15, 0.2) is 24.5 Å². The predicted octanol–water partition coefficient (Wildman–Crippen LogP) is 3.54. The zero-order chi connectivity index (χ0) is 20.5. The number of aromatic nitrogens is 5. The normalized spacial score (nSPS) is 12.8. The van der Waals surface area contributed by atoms with Gasteiger partial charge >= 0.3 is 12.2 Å². The second kappa shape index (κ2) is 7.56. The van der Waals surface area contributed by atoms with Crippen molar-refractivity contribution in [3.8, 4) is 0 Å². The fourth-order valence-corrected chi connectivity index (χ4v) is 2.55. The summed E-state index contributed by atoms with van der Waals surface area (Å²) in [6.07, 6.45) is -2.83. The van der Waals surface area contributed by atoms with Crippen molar-refractivity contribution < 1.29 is 22.7 Å². The SMILES string of the molecule is CO[C@@H](C)c1c(NC(=O)Nc2cnnc(C(F)(F)F)c2)cnc2cc(Cl)nn12. The Kier molecular flexibility index (Phi) is 5.34. The third kappa shape index (κ3) is 4.12. The third-order valence-corrected chi connectivity index (χ3v) is 3.87. The molecule has 2 amide bonds. The van der Waals surface area contributed by atoms with Crippen molar-refractivity contribution in [2.75, 3.05) is 17.7 Å². The number of hydrogen-bond acceptors (Lipinski definition) is 6. The van der Waals surface area contributed by atoms with Gasteiger partial charge in [0.1, 0.15) is 0 Å². The summed E-state index contributed by atoms with van der Waals surface area (Å²) in [5.41, 5.74) is -0.302. The molecule has 13 heteroatoms. The smallest absolute Gasteiger partial charge is 0.375 e. The minimum Gasteiger partial charge on any atom is -0.375 e. The largest absolute Gasteiger partial charge is 0.435 e. The highest BCUT2D eigenvalue weighted by Crippen LogP contribution is 2.29. The average Bonchev–Trinajstić information content (AvgIpc) is 3.00. The van der Waals surface area contributed by atoms with Gasteiger partial charge in [0.25, 0.3) is 0 Å². The molecule has 0 bridgehead atoms. The first-order valence-corrected chi connectivity index (χ1v) is 8.11. The summed E-state index contributed by atoms with van der Waals surface area (Å²) < 4.78 is 44.8. The molecule has 0 spiro atoms. The number of methoxy groups -OCH3 is 1. The summed E-state index contributed by atoms with van der Waals surface area (Å²) in [5, 5.41) is 15.3. The minimum atomic E-state index is -4.68. The summed E-state index contributed by atoms with van der Waals surface area (Å²) in [7, 11) is 1.47. The quantitative estimate of drug-likeness (QED) is 0.675. The Morgan fingerprint density at radius 2 is 2.04 bits per heavy atom. The van der Waals surface area contributed by atoms with E-state index < -0.39 is 24.0 Å².